The summed E-state index contributed by atoms with van der Waals surface area (Å²) in [5.74, 6) is -0.312. The zero-order valence-electron chi connectivity index (χ0n) is 10.8. The molecule has 1 aromatic heterocycles. The van der Waals surface area contributed by atoms with Gasteiger partial charge in [0.05, 0.1) is 17.4 Å². The Morgan fingerprint density at radius 2 is 2.17 bits per heavy atom. The van der Waals surface area contributed by atoms with E-state index in [1.54, 1.807) is 19.1 Å². The highest BCUT2D eigenvalue weighted by Crippen LogP contribution is 2.41. The van der Waals surface area contributed by atoms with Crippen molar-refractivity contribution >= 4 is 11.8 Å². The lowest BCUT2D eigenvalue weighted by atomic mass is 9.64. The van der Waals surface area contributed by atoms with Gasteiger partial charge in [-0.15, -0.1) is 0 Å². The number of aliphatic hydroxyl groups excluding tert-OH is 1. The van der Waals surface area contributed by atoms with E-state index in [0.29, 0.717) is 17.9 Å². The maximum atomic E-state index is 10.9. The van der Waals surface area contributed by atoms with Gasteiger partial charge in [0.2, 0.25) is 0 Å². The van der Waals surface area contributed by atoms with E-state index in [-0.39, 0.29) is 23.1 Å². The highest BCUT2D eigenvalue weighted by molar-refractivity contribution is 5.89. The number of rotatable bonds is 3. The third-order valence-electron chi connectivity index (χ3n) is 3.85. The molecule has 0 aliphatic heterocycles. The van der Waals surface area contributed by atoms with Gasteiger partial charge in [-0.2, -0.15) is 0 Å². The summed E-state index contributed by atoms with van der Waals surface area (Å²) in [6.07, 6.45) is 0.392. The maximum Gasteiger partial charge on any atom is 0.337 e. The van der Waals surface area contributed by atoms with Crippen molar-refractivity contribution in [3.05, 3.63) is 23.4 Å². The van der Waals surface area contributed by atoms with E-state index in [0.717, 1.165) is 0 Å². The first-order valence-electron chi connectivity index (χ1n) is 5.98. The normalized spacial score (nSPS) is 25.3. The summed E-state index contributed by atoms with van der Waals surface area (Å²) >= 11 is 0. The highest BCUT2D eigenvalue weighted by atomic mass is 16.4. The molecule has 0 amide bonds. The average molecular weight is 250 g/mol. The lowest BCUT2D eigenvalue weighted by Crippen LogP contribution is -2.57. The molecule has 0 aromatic carbocycles. The van der Waals surface area contributed by atoms with Crippen LogP contribution in [0.4, 0.5) is 5.82 Å². The summed E-state index contributed by atoms with van der Waals surface area (Å²) in [6.45, 7) is 5.67. The molecule has 2 rings (SSSR count). The van der Waals surface area contributed by atoms with Gasteiger partial charge in [0, 0.05) is 11.5 Å². The SMILES string of the molecule is Cc1nc(NC2CC(O)C2(C)C)ccc1C(=O)O. The Kier molecular flexibility index (Phi) is 3.02. The van der Waals surface area contributed by atoms with Crippen LogP contribution in [0.1, 0.15) is 36.3 Å². The van der Waals surface area contributed by atoms with Crippen molar-refractivity contribution in [2.24, 2.45) is 5.41 Å². The first-order valence-corrected chi connectivity index (χ1v) is 5.98. The maximum absolute atomic E-state index is 10.9. The van der Waals surface area contributed by atoms with E-state index in [9.17, 15) is 9.90 Å². The summed E-state index contributed by atoms with van der Waals surface area (Å²) in [7, 11) is 0. The number of carbonyl (C=O) groups is 1. The van der Waals surface area contributed by atoms with E-state index in [4.69, 9.17) is 5.11 Å². The second kappa shape index (κ2) is 4.24. The number of hydrogen-bond acceptors (Lipinski definition) is 4. The van der Waals surface area contributed by atoms with Crippen molar-refractivity contribution in [2.75, 3.05) is 5.32 Å². The van der Waals surface area contributed by atoms with E-state index >= 15 is 0 Å². The van der Waals surface area contributed by atoms with E-state index in [1.165, 1.54) is 0 Å². The summed E-state index contributed by atoms with van der Waals surface area (Å²) in [4.78, 5) is 15.1. The van der Waals surface area contributed by atoms with Crippen LogP contribution in [0.15, 0.2) is 12.1 Å². The molecule has 0 radical (unpaired) electrons. The van der Waals surface area contributed by atoms with E-state index in [2.05, 4.69) is 10.3 Å². The van der Waals surface area contributed by atoms with Crippen molar-refractivity contribution < 1.29 is 15.0 Å². The number of nitrogens with zero attached hydrogens (tertiary/aromatic N) is 1. The number of aryl methyl sites for hydroxylation is 1. The van der Waals surface area contributed by atoms with Crippen molar-refractivity contribution in [1.82, 2.24) is 4.98 Å². The molecule has 1 aliphatic rings. The molecule has 3 N–H and O–H groups in total. The number of aromatic nitrogens is 1. The van der Waals surface area contributed by atoms with Gasteiger partial charge in [-0.1, -0.05) is 13.8 Å². The van der Waals surface area contributed by atoms with Gasteiger partial charge in [0.1, 0.15) is 5.82 Å². The van der Waals surface area contributed by atoms with Gasteiger partial charge < -0.3 is 15.5 Å². The molecule has 2 atom stereocenters. The zero-order chi connectivity index (χ0) is 13.5. The smallest absolute Gasteiger partial charge is 0.337 e. The van der Waals surface area contributed by atoms with Gasteiger partial charge in [-0.05, 0) is 25.5 Å². The van der Waals surface area contributed by atoms with Crippen LogP contribution in [0, 0.1) is 12.3 Å². The third-order valence-corrected chi connectivity index (χ3v) is 3.85. The fourth-order valence-electron chi connectivity index (χ4n) is 2.19. The van der Waals surface area contributed by atoms with Crippen molar-refractivity contribution in [3.63, 3.8) is 0 Å². The standard InChI is InChI=1S/C13H18N2O3/c1-7-8(12(17)18)4-5-11(14-7)15-9-6-10(16)13(9,2)3/h4-5,9-10,16H,6H2,1-3H3,(H,14,15)(H,17,18). The van der Waals surface area contributed by atoms with E-state index in [1.807, 2.05) is 13.8 Å². The fraction of sp³-hybridized carbons (Fsp3) is 0.538. The van der Waals surface area contributed by atoms with Crippen LogP contribution in [0.2, 0.25) is 0 Å². The summed E-state index contributed by atoms with van der Waals surface area (Å²) in [5.41, 5.74) is 0.528. The highest BCUT2D eigenvalue weighted by Gasteiger charge is 2.47. The van der Waals surface area contributed by atoms with Gasteiger partial charge in [-0.25, -0.2) is 9.78 Å². The van der Waals surface area contributed by atoms with Crippen LogP contribution in [-0.2, 0) is 0 Å². The van der Waals surface area contributed by atoms with Crippen LogP contribution in [0.5, 0.6) is 0 Å². The van der Waals surface area contributed by atoms with Crippen LogP contribution in [0.3, 0.4) is 0 Å². The molecule has 5 heteroatoms. The number of nitrogens with one attached hydrogen (secondary N) is 1. The van der Waals surface area contributed by atoms with Gasteiger partial charge in [0.15, 0.2) is 0 Å². The van der Waals surface area contributed by atoms with Gasteiger partial charge in [-0.3, -0.25) is 0 Å². The van der Waals surface area contributed by atoms with Crippen LogP contribution in [-0.4, -0.2) is 33.3 Å². The minimum atomic E-state index is -0.967. The second-order valence-corrected chi connectivity index (χ2v) is 5.40. The zero-order valence-corrected chi connectivity index (χ0v) is 10.8. The number of pyridine rings is 1. The summed E-state index contributed by atoms with van der Waals surface area (Å²) in [6, 6.07) is 3.38. The number of aliphatic hydroxyl groups is 1. The Bertz CT molecular complexity index is 485. The molecule has 2 unspecified atom stereocenters. The lowest BCUT2D eigenvalue weighted by Gasteiger charge is -2.49. The quantitative estimate of drug-likeness (QED) is 0.760. The Hall–Kier alpha value is -1.62. The first-order chi connectivity index (χ1) is 8.32. The molecule has 5 nitrogen and oxygen atoms in total. The van der Waals surface area contributed by atoms with Crippen molar-refractivity contribution in [2.45, 2.75) is 39.3 Å². The molecule has 0 bridgehead atoms. The van der Waals surface area contributed by atoms with Gasteiger partial charge >= 0.3 is 5.97 Å². The Balaban J connectivity index is 2.12. The number of carboxylic acids is 1. The molecule has 0 spiro atoms. The summed E-state index contributed by atoms with van der Waals surface area (Å²) in [5, 5.41) is 21.8. The molecular formula is C13H18N2O3. The molecule has 0 saturated heterocycles. The molecule has 1 fully saturated rings. The van der Waals surface area contributed by atoms with Crippen LogP contribution < -0.4 is 5.32 Å². The minimum Gasteiger partial charge on any atom is -0.478 e. The predicted octanol–water partition coefficient (Wildman–Crippen LogP) is 1.66. The molecule has 18 heavy (non-hydrogen) atoms. The molecule has 1 heterocycles. The number of carboxylic acid groups (broad SMARTS) is 1. The number of aromatic carboxylic acids is 1. The molecule has 1 aromatic rings. The third kappa shape index (κ3) is 2.06. The van der Waals surface area contributed by atoms with Crippen LogP contribution >= 0.6 is 0 Å². The Morgan fingerprint density at radius 3 is 2.61 bits per heavy atom. The monoisotopic (exact) mass is 250 g/mol. The molecule has 1 aliphatic carbocycles. The topological polar surface area (TPSA) is 82.5 Å². The molecule has 1 saturated carbocycles. The second-order valence-electron chi connectivity index (χ2n) is 5.40. The molecular weight excluding hydrogens is 232 g/mol. The minimum absolute atomic E-state index is 0.162. The number of anilines is 1. The Labute approximate surface area is 106 Å². The molecule has 98 valence electrons. The summed E-state index contributed by atoms with van der Waals surface area (Å²) < 4.78 is 0. The predicted molar refractivity (Wildman–Crippen MR) is 67.7 cm³/mol. The largest absolute Gasteiger partial charge is 0.478 e. The fourth-order valence-corrected chi connectivity index (χ4v) is 2.19. The van der Waals surface area contributed by atoms with Crippen molar-refractivity contribution in [3.8, 4) is 0 Å². The number of hydrogen-bond donors (Lipinski definition) is 3. The van der Waals surface area contributed by atoms with Crippen LogP contribution in [0.25, 0.3) is 0 Å². The van der Waals surface area contributed by atoms with Gasteiger partial charge in [0.25, 0.3) is 0 Å². The lowest BCUT2D eigenvalue weighted by molar-refractivity contribution is -0.0511. The van der Waals surface area contributed by atoms with E-state index < -0.39 is 5.97 Å². The first kappa shape index (κ1) is 12.8. The van der Waals surface area contributed by atoms with Crippen molar-refractivity contribution in [1.29, 1.82) is 0 Å². The average Bonchev–Trinajstić information content (AvgIpc) is 2.28. The Morgan fingerprint density at radius 1 is 1.50 bits per heavy atom.